The molecule has 1 saturated heterocycles. The van der Waals surface area contributed by atoms with Crippen molar-refractivity contribution in [3.8, 4) is 16.9 Å². The average molecular weight is 456 g/mol. The number of halogens is 1. The van der Waals surface area contributed by atoms with Gasteiger partial charge in [-0.15, -0.1) is 0 Å². The largest absolute Gasteiger partial charge is 0.495 e. The highest BCUT2D eigenvalue weighted by Crippen LogP contribution is 2.30. The molecule has 0 unspecified atom stereocenters. The molecule has 11 heteroatoms. The van der Waals surface area contributed by atoms with Gasteiger partial charge in [0.25, 0.3) is 0 Å². The topological polar surface area (TPSA) is 146 Å². The van der Waals surface area contributed by atoms with Gasteiger partial charge in [-0.1, -0.05) is 11.6 Å². The fraction of sp³-hybridized carbons (Fsp3) is 0.286. The number of pyridine rings is 1. The molecule has 1 aliphatic rings. The minimum Gasteiger partial charge on any atom is -0.495 e. The van der Waals surface area contributed by atoms with Crippen molar-refractivity contribution in [3.63, 3.8) is 0 Å². The van der Waals surface area contributed by atoms with Crippen LogP contribution in [-0.4, -0.2) is 40.8 Å². The molecule has 10 nitrogen and oxygen atoms in total. The van der Waals surface area contributed by atoms with Gasteiger partial charge in [0.05, 0.1) is 35.6 Å². The highest BCUT2D eigenvalue weighted by atomic mass is 35.5. The van der Waals surface area contributed by atoms with Gasteiger partial charge in [-0.2, -0.15) is 10.2 Å². The Labute approximate surface area is 191 Å². The van der Waals surface area contributed by atoms with Crippen LogP contribution >= 0.6 is 11.6 Å². The van der Waals surface area contributed by atoms with E-state index in [1.165, 1.54) is 5.01 Å². The van der Waals surface area contributed by atoms with E-state index in [1.807, 2.05) is 23.1 Å². The second-order valence-electron chi connectivity index (χ2n) is 7.49. The summed E-state index contributed by atoms with van der Waals surface area (Å²) in [5.41, 5.74) is 8.96. The lowest BCUT2D eigenvalue weighted by Gasteiger charge is -2.22. The van der Waals surface area contributed by atoms with Crippen molar-refractivity contribution in [1.29, 1.82) is 0 Å². The third-order valence-corrected chi connectivity index (χ3v) is 5.84. The van der Waals surface area contributed by atoms with Gasteiger partial charge < -0.3 is 21.6 Å². The highest BCUT2D eigenvalue weighted by molar-refractivity contribution is 6.32. The summed E-state index contributed by atoms with van der Waals surface area (Å²) in [7, 11) is 1.54. The number of hydrazone groups is 1. The number of rotatable bonds is 5. The summed E-state index contributed by atoms with van der Waals surface area (Å²) in [6, 6.07) is 7.34. The number of piperidine rings is 1. The second-order valence-corrected chi connectivity index (χ2v) is 7.90. The van der Waals surface area contributed by atoms with E-state index in [4.69, 9.17) is 33.8 Å². The third-order valence-electron chi connectivity index (χ3n) is 5.54. The molecule has 0 saturated carbocycles. The molecule has 7 N–H and O–H groups in total. The van der Waals surface area contributed by atoms with Gasteiger partial charge in [-0.25, -0.2) is 10.8 Å². The van der Waals surface area contributed by atoms with Gasteiger partial charge >= 0.3 is 0 Å². The van der Waals surface area contributed by atoms with E-state index in [2.05, 4.69) is 20.5 Å². The maximum absolute atomic E-state index is 6.32. The number of benzene rings is 1. The fourth-order valence-electron chi connectivity index (χ4n) is 3.76. The molecule has 0 spiro atoms. The molecule has 0 atom stereocenters. The number of nitrogens with one attached hydrogen (secondary N) is 1. The van der Waals surface area contributed by atoms with Crippen LogP contribution in [0.15, 0.2) is 48.0 Å². The van der Waals surface area contributed by atoms with Crippen LogP contribution < -0.4 is 32.5 Å². The normalized spacial score (nSPS) is 15.0. The predicted octanol–water partition coefficient (Wildman–Crippen LogP) is 2.11. The maximum Gasteiger partial charge on any atom is 0.177 e. The minimum absolute atomic E-state index is 0.240. The molecule has 0 bridgehead atoms. The zero-order valence-electron chi connectivity index (χ0n) is 17.7. The minimum atomic E-state index is 0.240. The van der Waals surface area contributed by atoms with E-state index in [0.29, 0.717) is 28.1 Å². The Morgan fingerprint density at radius 2 is 2.03 bits per heavy atom. The summed E-state index contributed by atoms with van der Waals surface area (Å²) >= 11 is 6.24. The number of hydrogen-bond acceptors (Lipinski definition) is 8. The van der Waals surface area contributed by atoms with Crippen LogP contribution in [0.25, 0.3) is 11.1 Å². The Morgan fingerprint density at radius 1 is 1.25 bits per heavy atom. The first-order chi connectivity index (χ1) is 15.5. The SMILES string of the molecule is COc1ccc(N(N)/C(=N\N)c2cc(-c3cnn(C4CCNCC4)c3)cnc2N)cc1Cl. The number of methoxy groups -OCH3 is 1. The quantitative estimate of drug-likeness (QED) is 0.198. The molecule has 32 heavy (non-hydrogen) atoms. The molecule has 0 aliphatic carbocycles. The van der Waals surface area contributed by atoms with Crippen LogP contribution in [0.2, 0.25) is 5.02 Å². The number of aromatic nitrogens is 3. The van der Waals surface area contributed by atoms with Gasteiger partial charge in [0.1, 0.15) is 11.6 Å². The Hall–Kier alpha value is -3.34. The Balaban J connectivity index is 1.64. The van der Waals surface area contributed by atoms with E-state index < -0.39 is 0 Å². The number of anilines is 2. The number of hydrogen-bond donors (Lipinski definition) is 4. The Bertz CT molecular complexity index is 1120. The van der Waals surface area contributed by atoms with Gasteiger partial charge in [0.15, 0.2) is 5.84 Å². The lowest BCUT2D eigenvalue weighted by molar-refractivity contribution is 0.343. The first-order valence-corrected chi connectivity index (χ1v) is 10.6. The number of amidine groups is 1. The summed E-state index contributed by atoms with van der Waals surface area (Å²) in [5.74, 6) is 13.0. The molecule has 4 rings (SSSR count). The first kappa shape index (κ1) is 21.9. The van der Waals surface area contributed by atoms with Crippen molar-refractivity contribution in [2.45, 2.75) is 18.9 Å². The average Bonchev–Trinajstić information content (AvgIpc) is 3.31. The van der Waals surface area contributed by atoms with E-state index in [0.717, 1.165) is 37.1 Å². The number of ether oxygens (including phenoxy) is 1. The van der Waals surface area contributed by atoms with Crippen LogP contribution in [-0.2, 0) is 0 Å². The summed E-state index contributed by atoms with van der Waals surface area (Å²) < 4.78 is 7.21. The molecule has 1 aliphatic heterocycles. The highest BCUT2D eigenvalue weighted by Gasteiger charge is 2.20. The molecule has 3 heterocycles. The van der Waals surface area contributed by atoms with E-state index >= 15 is 0 Å². The molecule has 1 fully saturated rings. The van der Waals surface area contributed by atoms with Gasteiger partial charge in [-0.3, -0.25) is 9.69 Å². The fourth-order valence-corrected chi connectivity index (χ4v) is 4.01. The van der Waals surface area contributed by atoms with Crippen molar-refractivity contribution in [3.05, 3.63) is 53.4 Å². The van der Waals surface area contributed by atoms with Crippen LogP contribution in [0, 0.1) is 0 Å². The molecule has 1 aromatic carbocycles. The number of hydrazine groups is 1. The smallest absolute Gasteiger partial charge is 0.177 e. The Morgan fingerprint density at radius 3 is 2.72 bits per heavy atom. The van der Waals surface area contributed by atoms with Crippen molar-refractivity contribution in [2.75, 3.05) is 30.9 Å². The number of nitrogens with two attached hydrogens (primary N) is 3. The first-order valence-electron chi connectivity index (χ1n) is 10.2. The van der Waals surface area contributed by atoms with Gasteiger partial charge in [-0.05, 0) is 50.2 Å². The van der Waals surface area contributed by atoms with Crippen molar-refractivity contribution < 1.29 is 4.74 Å². The number of nitrogens with zero attached hydrogens (tertiary/aromatic N) is 5. The standard InChI is InChI=1S/C21H26ClN9O/c1-32-19-3-2-16(9-18(19)22)31(25)21(29-24)17-8-13(10-27-20(17)23)14-11-28-30(12-14)15-4-6-26-7-5-15/h2-3,8-12,15,26H,4-7,24-25H2,1H3,(H2,23,27)/b29-21-. The van der Waals surface area contributed by atoms with Gasteiger partial charge in [0, 0.05) is 23.5 Å². The lowest BCUT2D eigenvalue weighted by Crippen LogP contribution is -2.39. The van der Waals surface area contributed by atoms with E-state index in [-0.39, 0.29) is 11.7 Å². The summed E-state index contributed by atoms with van der Waals surface area (Å²) in [4.78, 5) is 4.33. The molecule has 2 aromatic heterocycles. The number of nitrogen functional groups attached to an aromatic ring is 1. The molecule has 168 valence electrons. The molecule has 0 amide bonds. The molecular formula is C21H26ClN9O. The maximum atomic E-state index is 6.32. The van der Waals surface area contributed by atoms with Crippen molar-refractivity contribution >= 4 is 28.9 Å². The monoisotopic (exact) mass is 455 g/mol. The predicted molar refractivity (Wildman–Crippen MR) is 126 cm³/mol. The lowest BCUT2D eigenvalue weighted by atomic mass is 10.1. The van der Waals surface area contributed by atoms with Crippen LogP contribution in [0.3, 0.4) is 0 Å². The zero-order valence-corrected chi connectivity index (χ0v) is 18.5. The van der Waals surface area contributed by atoms with Crippen LogP contribution in [0.4, 0.5) is 11.5 Å². The second kappa shape index (κ2) is 9.43. The van der Waals surface area contributed by atoms with Crippen LogP contribution in [0.5, 0.6) is 5.75 Å². The summed E-state index contributed by atoms with van der Waals surface area (Å²) in [6.07, 6.45) is 7.63. The van der Waals surface area contributed by atoms with Crippen LogP contribution in [0.1, 0.15) is 24.4 Å². The molecule has 0 radical (unpaired) electrons. The third kappa shape index (κ3) is 4.33. The molecule has 3 aromatic rings. The summed E-state index contributed by atoms with van der Waals surface area (Å²) in [6.45, 7) is 1.98. The van der Waals surface area contributed by atoms with Crippen molar-refractivity contribution in [1.82, 2.24) is 20.1 Å². The Kier molecular flexibility index (Phi) is 6.45. The molecular weight excluding hydrogens is 430 g/mol. The zero-order chi connectivity index (χ0) is 22.7. The van der Waals surface area contributed by atoms with E-state index in [9.17, 15) is 0 Å². The van der Waals surface area contributed by atoms with Gasteiger partial charge in [0.2, 0.25) is 0 Å². The van der Waals surface area contributed by atoms with Crippen molar-refractivity contribution in [2.24, 2.45) is 16.8 Å². The van der Waals surface area contributed by atoms with E-state index in [1.54, 1.807) is 31.5 Å². The summed E-state index contributed by atoms with van der Waals surface area (Å²) in [5, 5.41) is 13.5.